The van der Waals surface area contributed by atoms with E-state index in [0.29, 0.717) is 29.4 Å². The van der Waals surface area contributed by atoms with E-state index >= 15 is 0 Å². The van der Waals surface area contributed by atoms with Gasteiger partial charge in [0.25, 0.3) is 11.8 Å². The molecule has 3 rings (SSSR count). The highest BCUT2D eigenvalue weighted by Crippen LogP contribution is 2.30. The van der Waals surface area contributed by atoms with Crippen LogP contribution in [0.1, 0.15) is 23.7 Å². The van der Waals surface area contributed by atoms with Crippen molar-refractivity contribution in [2.75, 3.05) is 24.7 Å². The molecule has 0 saturated carbocycles. The largest absolute Gasteiger partial charge is 0.494 e. The second-order valence-corrected chi connectivity index (χ2v) is 6.01. The van der Waals surface area contributed by atoms with Crippen molar-refractivity contribution < 1.29 is 23.9 Å². The number of hydrazine groups is 1. The van der Waals surface area contributed by atoms with Crippen LogP contribution in [-0.2, 0) is 9.59 Å². The number of hydrogen-bond donors (Lipinski definition) is 2. The summed E-state index contributed by atoms with van der Waals surface area (Å²) in [6, 6.07) is 13.6. The van der Waals surface area contributed by atoms with Gasteiger partial charge < -0.3 is 9.47 Å². The summed E-state index contributed by atoms with van der Waals surface area (Å²) in [5.74, 6) is -0.0205. The number of benzene rings is 2. The van der Waals surface area contributed by atoms with Gasteiger partial charge in [-0.05, 0) is 43.3 Å². The number of anilines is 1. The van der Waals surface area contributed by atoms with Crippen molar-refractivity contribution in [3.05, 3.63) is 54.1 Å². The molecule has 0 fully saturated rings. The van der Waals surface area contributed by atoms with Gasteiger partial charge in [0.15, 0.2) is 0 Å². The highest BCUT2D eigenvalue weighted by Gasteiger charge is 2.25. The van der Waals surface area contributed by atoms with Crippen LogP contribution >= 0.6 is 0 Å². The van der Waals surface area contributed by atoms with E-state index in [1.165, 1.54) is 4.90 Å². The molecule has 2 aromatic carbocycles. The van der Waals surface area contributed by atoms with Crippen molar-refractivity contribution >= 4 is 23.4 Å². The molecule has 2 N–H and O–H groups in total. The van der Waals surface area contributed by atoms with Crippen molar-refractivity contribution in [3.8, 4) is 11.5 Å². The molecule has 0 spiro atoms. The van der Waals surface area contributed by atoms with E-state index in [4.69, 9.17) is 9.47 Å². The number of carbonyl (C=O) groups excluding carboxylic acids is 3. The van der Waals surface area contributed by atoms with Crippen LogP contribution in [-0.4, -0.2) is 37.5 Å². The fourth-order valence-corrected chi connectivity index (χ4v) is 2.74. The molecule has 0 unspecified atom stereocenters. The lowest BCUT2D eigenvalue weighted by Gasteiger charge is -2.21. The van der Waals surface area contributed by atoms with Gasteiger partial charge in [-0.3, -0.25) is 30.1 Å². The number of amides is 3. The van der Waals surface area contributed by atoms with Crippen LogP contribution in [0.15, 0.2) is 48.5 Å². The molecule has 0 atom stereocenters. The van der Waals surface area contributed by atoms with E-state index in [9.17, 15) is 14.4 Å². The lowest BCUT2D eigenvalue weighted by molar-refractivity contribution is -0.124. The third kappa shape index (κ3) is 4.59. The maximum absolute atomic E-state index is 12.3. The third-order valence-electron chi connectivity index (χ3n) is 4.08. The molecule has 1 heterocycles. The van der Waals surface area contributed by atoms with E-state index < -0.39 is 11.8 Å². The second kappa shape index (κ2) is 8.90. The Hall–Kier alpha value is -3.55. The molecule has 1 aliphatic rings. The topological polar surface area (TPSA) is 97.0 Å². The van der Waals surface area contributed by atoms with Crippen LogP contribution < -0.4 is 25.2 Å². The maximum atomic E-state index is 12.3. The first kappa shape index (κ1) is 19.2. The number of hydrogen-bond acceptors (Lipinski definition) is 5. The number of nitrogens with zero attached hydrogens (tertiary/aromatic N) is 1. The number of carbonyl (C=O) groups is 3. The molecule has 28 heavy (non-hydrogen) atoms. The zero-order chi connectivity index (χ0) is 19.9. The van der Waals surface area contributed by atoms with Crippen LogP contribution in [0.25, 0.3) is 0 Å². The molecule has 8 heteroatoms. The molecule has 0 bridgehead atoms. The van der Waals surface area contributed by atoms with Gasteiger partial charge in [-0.25, -0.2) is 0 Å². The highest BCUT2D eigenvalue weighted by atomic mass is 16.5. The monoisotopic (exact) mass is 383 g/mol. The number of rotatable bonds is 5. The van der Waals surface area contributed by atoms with Gasteiger partial charge in [-0.2, -0.15) is 0 Å². The molecule has 146 valence electrons. The van der Waals surface area contributed by atoms with E-state index in [1.54, 1.807) is 48.5 Å². The molecule has 8 nitrogen and oxygen atoms in total. The van der Waals surface area contributed by atoms with Gasteiger partial charge in [0.2, 0.25) is 5.91 Å². The van der Waals surface area contributed by atoms with Gasteiger partial charge in [-0.1, -0.05) is 12.1 Å². The Morgan fingerprint density at radius 1 is 1.11 bits per heavy atom. The van der Waals surface area contributed by atoms with Gasteiger partial charge in [0, 0.05) is 5.56 Å². The Bertz CT molecular complexity index is 866. The Kier molecular flexibility index (Phi) is 6.11. The minimum Gasteiger partial charge on any atom is -0.494 e. The van der Waals surface area contributed by atoms with Gasteiger partial charge in [0.05, 0.1) is 25.3 Å². The summed E-state index contributed by atoms with van der Waals surface area (Å²) in [6.07, 6.45) is 0.167. The average Bonchev–Trinajstić information content (AvgIpc) is 2.86. The SMILES string of the molecule is CCOc1ccc(C(=O)NNC(=O)CN2C(=O)CCOc3ccccc32)cc1. The number of ether oxygens (including phenoxy) is 2. The smallest absolute Gasteiger partial charge is 0.269 e. The van der Waals surface area contributed by atoms with Crippen molar-refractivity contribution in [1.82, 2.24) is 10.9 Å². The van der Waals surface area contributed by atoms with Crippen LogP contribution in [0.4, 0.5) is 5.69 Å². The lowest BCUT2D eigenvalue weighted by Crippen LogP contribution is -2.47. The first-order valence-electron chi connectivity index (χ1n) is 8.92. The molecule has 0 saturated heterocycles. The molecule has 0 aliphatic carbocycles. The standard InChI is InChI=1S/C20H21N3O5/c1-2-27-15-9-7-14(8-10-15)20(26)22-21-18(24)13-23-16-5-3-4-6-17(16)28-12-11-19(23)25/h3-10H,2,11-13H2,1H3,(H,21,24)(H,22,26). The normalized spacial score (nSPS) is 13.0. The van der Waals surface area contributed by atoms with Gasteiger partial charge in [0.1, 0.15) is 18.0 Å². The maximum Gasteiger partial charge on any atom is 0.269 e. The van der Waals surface area contributed by atoms with Crippen molar-refractivity contribution in [2.24, 2.45) is 0 Å². The van der Waals surface area contributed by atoms with Gasteiger partial charge in [-0.15, -0.1) is 0 Å². The van der Waals surface area contributed by atoms with Crippen molar-refractivity contribution in [1.29, 1.82) is 0 Å². The summed E-state index contributed by atoms with van der Waals surface area (Å²) in [5.41, 5.74) is 5.58. The van der Waals surface area contributed by atoms with E-state index in [-0.39, 0.29) is 25.5 Å². The Labute approximate surface area is 162 Å². The molecular weight excluding hydrogens is 362 g/mol. The molecule has 2 aromatic rings. The number of nitrogens with one attached hydrogen (secondary N) is 2. The first-order chi connectivity index (χ1) is 13.6. The molecular formula is C20H21N3O5. The predicted octanol–water partition coefficient (Wildman–Crippen LogP) is 1.66. The Morgan fingerprint density at radius 2 is 1.86 bits per heavy atom. The summed E-state index contributed by atoms with van der Waals surface area (Å²) < 4.78 is 10.9. The summed E-state index contributed by atoms with van der Waals surface area (Å²) in [4.78, 5) is 38.1. The zero-order valence-electron chi connectivity index (χ0n) is 15.4. The number of fused-ring (bicyclic) bond motifs is 1. The average molecular weight is 383 g/mol. The summed E-state index contributed by atoms with van der Waals surface area (Å²) in [7, 11) is 0. The summed E-state index contributed by atoms with van der Waals surface area (Å²) in [6.45, 7) is 2.42. The molecule has 3 amide bonds. The summed E-state index contributed by atoms with van der Waals surface area (Å²) in [5, 5.41) is 0. The van der Waals surface area contributed by atoms with Crippen LogP contribution in [0.3, 0.4) is 0 Å². The lowest BCUT2D eigenvalue weighted by atomic mass is 10.2. The van der Waals surface area contributed by atoms with E-state index in [2.05, 4.69) is 10.9 Å². The Morgan fingerprint density at radius 3 is 2.61 bits per heavy atom. The minimum atomic E-state index is -0.524. The van der Waals surface area contributed by atoms with Crippen LogP contribution in [0, 0.1) is 0 Å². The molecule has 0 radical (unpaired) electrons. The van der Waals surface area contributed by atoms with Crippen molar-refractivity contribution in [3.63, 3.8) is 0 Å². The predicted molar refractivity (Wildman–Crippen MR) is 102 cm³/mol. The fourth-order valence-electron chi connectivity index (χ4n) is 2.74. The fraction of sp³-hybridized carbons (Fsp3) is 0.250. The highest BCUT2D eigenvalue weighted by molar-refractivity contribution is 6.01. The second-order valence-electron chi connectivity index (χ2n) is 6.01. The first-order valence-corrected chi connectivity index (χ1v) is 8.92. The quantitative estimate of drug-likeness (QED) is 0.766. The Balaban J connectivity index is 1.59. The van der Waals surface area contributed by atoms with E-state index in [0.717, 1.165) is 0 Å². The van der Waals surface area contributed by atoms with Crippen LogP contribution in [0.5, 0.6) is 11.5 Å². The molecule has 1 aliphatic heterocycles. The zero-order valence-corrected chi connectivity index (χ0v) is 15.4. The third-order valence-corrected chi connectivity index (χ3v) is 4.08. The van der Waals surface area contributed by atoms with Crippen molar-refractivity contribution in [2.45, 2.75) is 13.3 Å². The van der Waals surface area contributed by atoms with Gasteiger partial charge >= 0.3 is 0 Å². The molecule has 0 aromatic heterocycles. The minimum absolute atomic E-state index is 0.167. The van der Waals surface area contributed by atoms with Crippen LogP contribution in [0.2, 0.25) is 0 Å². The summed E-state index contributed by atoms with van der Waals surface area (Å²) >= 11 is 0. The van der Waals surface area contributed by atoms with E-state index in [1.807, 2.05) is 6.92 Å². The number of para-hydroxylation sites is 2.